The van der Waals surface area contributed by atoms with Crippen LogP contribution in [0, 0.1) is 0 Å². The van der Waals surface area contributed by atoms with Gasteiger partial charge in [0.25, 0.3) is 10.1 Å². The molecule has 36 heteroatoms. The Kier molecular flexibility index (Phi) is 26.7. The number of carbonyl (C=O) groups excluding carboxylic acids is 12. The van der Waals surface area contributed by atoms with E-state index < -0.39 is 231 Å². The minimum atomic E-state index is -4.71. The monoisotopic (exact) mass is 1250 g/mol. The van der Waals surface area contributed by atoms with Gasteiger partial charge in [0, 0.05) is 83.1 Å². The fraction of sp³-hybridized carbons (Fsp3) is 0.755. The lowest BCUT2D eigenvalue weighted by Gasteiger charge is -2.51. The van der Waals surface area contributed by atoms with Crippen LogP contribution in [0.25, 0.3) is 0 Å². The second-order valence-corrected chi connectivity index (χ2v) is 20.6. The maximum atomic E-state index is 13.3. The molecule has 4 heterocycles. The van der Waals surface area contributed by atoms with Crippen molar-refractivity contribution in [1.29, 1.82) is 0 Å². The van der Waals surface area contributed by atoms with E-state index in [4.69, 9.17) is 99.2 Å². The highest BCUT2D eigenvalue weighted by molar-refractivity contribution is 7.86. The fourth-order valence-corrected chi connectivity index (χ4v) is 9.52. The van der Waals surface area contributed by atoms with Crippen molar-refractivity contribution in [2.24, 2.45) is 0 Å². The summed E-state index contributed by atoms with van der Waals surface area (Å²) in [6.45, 7) is 7.17. The van der Waals surface area contributed by atoms with Gasteiger partial charge in [-0.1, -0.05) is 0 Å². The summed E-state index contributed by atoms with van der Waals surface area (Å²) in [5.74, 6) is -12.4. The Balaban J connectivity index is 1.93. The third kappa shape index (κ3) is 22.2. The van der Waals surface area contributed by atoms with Gasteiger partial charge < -0.3 is 85.3 Å². The lowest BCUT2D eigenvalue weighted by Crippen LogP contribution is -2.70. The van der Waals surface area contributed by atoms with Crippen LogP contribution in [-0.4, -0.2) is 236 Å². The average Bonchev–Trinajstić information content (AvgIpc) is 3.52. The maximum absolute atomic E-state index is 13.3. The van der Waals surface area contributed by atoms with E-state index in [-0.39, 0.29) is 0 Å². The van der Waals surface area contributed by atoms with Crippen molar-refractivity contribution in [3.05, 3.63) is 0 Å². The summed E-state index contributed by atoms with van der Waals surface area (Å²) in [7, 11) is -4.71. The van der Waals surface area contributed by atoms with Crippen LogP contribution in [0.4, 0.5) is 0 Å². The minimum Gasteiger partial charge on any atom is -0.463 e. The van der Waals surface area contributed by atoms with Crippen molar-refractivity contribution in [2.75, 3.05) is 39.3 Å². The summed E-state index contributed by atoms with van der Waals surface area (Å²) in [5, 5.41) is 0. The number of esters is 12. The van der Waals surface area contributed by atoms with Crippen LogP contribution in [0.2, 0.25) is 0 Å². The molecule has 0 spiro atoms. The van der Waals surface area contributed by atoms with Gasteiger partial charge in [0.05, 0.1) is 6.26 Å². The molecule has 0 aromatic rings. The number of rotatable bonds is 27. The molecule has 85 heavy (non-hydrogen) atoms. The van der Waals surface area contributed by atoms with Crippen molar-refractivity contribution < 1.29 is 165 Å². The third-order valence-corrected chi connectivity index (χ3v) is 12.2. The second-order valence-electron chi connectivity index (χ2n) is 19.0. The zero-order valence-corrected chi connectivity index (χ0v) is 49.0. The van der Waals surface area contributed by atoms with Gasteiger partial charge >= 0.3 is 71.6 Å². The minimum absolute atomic E-state index is 0.588. The second kappa shape index (κ2) is 32.1. The molecule has 0 aromatic heterocycles. The predicted molar refractivity (Wildman–Crippen MR) is 262 cm³/mol. The molecule has 0 aliphatic carbocycles. The summed E-state index contributed by atoms with van der Waals surface area (Å²) in [6, 6.07) is 0. The first kappa shape index (κ1) is 70.7. The van der Waals surface area contributed by atoms with E-state index in [1.165, 1.54) is 0 Å². The van der Waals surface area contributed by atoms with E-state index in [0.717, 1.165) is 83.1 Å². The van der Waals surface area contributed by atoms with E-state index >= 15 is 0 Å². The molecular formula is C49H68O35S. The van der Waals surface area contributed by atoms with Crippen LogP contribution < -0.4 is 0 Å². The Bertz CT molecular complexity index is 2540. The Morgan fingerprint density at radius 1 is 0.412 bits per heavy atom. The van der Waals surface area contributed by atoms with Gasteiger partial charge in [-0.05, 0) is 0 Å². The molecule has 35 nitrogen and oxygen atoms in total. The number of carbonyl (C=O) groups is 12. The van der Waals surface area contributed by atoms with Crippen LogP contribution in [0.3, 0.4) is 0 Å². The lowest BCUT2D eigenvalue weighted by atomic mass is 9.95. The highest BCUT2D eigenvalue weighted by Gasteiger charge is 2.61. The number of fused-ring (bicyclic) bond motifs is 2. The summed E-state index contributed by atoms with van der Waals surface area (Å²) >= 11 is 0. The molecular weight excluding hydrogens is 1180 g/mol. The average molecular weight is 1250 g/mol. The molecule has 4 fully saturated rings. The first-order valence-electron chi connectivity index (χ1n) is 25.6. The number of hydrogen-bond donors (Lipinski definition) is 0. The molecule has 0 radical (unpaired) electrons. The van der Waals surface area contributed by atoms with Crippen molar-refractivity contribution in [3.8, 4) is 0 Å². The number of hydrogen-bond acceptors (Lipinski definition) is 35. The van der Waals surface area contributed by atoms with Crippen molar-refractivity contribution in [2.45, 2.75) is 200 Å². The van der Waals surface area contributed by atoms with E-state index in [1.807, 2.05) is 0 Å². The lowest BCUT2D eigenvalue weighted by molar-refractivity contribution is -0.462. The Labute approximate surface area is 484 Å². The predicted octanol–water partition coefficient (Wildman–Crippen LogP) is -2.30. The van der Waals surface area contributed by atoms with Gasteiger partial charge in [0.15, 0.2) is 79.9 Å². The molecule has 0 amide bonds. The summed E-state index contributed by atoms with van der Waals surface area (Å²) in [4.78, 5) is 162. The topological polar surface area (TPSA) is 433 Å². The largest absolute Gasteiger partial charge is 0.463 e. The van der Waals surface area contributed by atoms with Gasteiger partial charge in [-0.15, -0.1) is 0 Å². The molecule has 0 unspecified atom stereocenters. The normalized spacial score (nSPS) is 29.4. The molecule has 19 atom stereocenters. The smallest absolute Gasteiger partial charge is 0.303 e. The quantitative estimate of drug-likeness (QED) is 0.0361. The molecule has 2 bridgehead atoms. The zero-order valence-electron chi connectivity index (χ0n) is 48.2. The van der Waals surface area contributed by atoms with Crippen LogP contribution in [0.15, 0.2) is 0 Å². The first-order chi connectivity index (χ1) is 39.6. The SMILES string of the molecule is CC(=O)OC[C@H](OC(C)=O)[C@@H](OC(C)=O)[C@H](O[C@H]1O[C@H](COC(C)=O)[C@@H](O[C@H]2O[C@@H]3COO[C@H]([C@H]2OS(C)(=O)=O)[C@@H]3O[C@H]2O[C@H](COC(C)=O)[C@@H](OC(C)=O)[C@H](OC(C)=O)[C@H]2OC(C)=O)[C@H](OC(C)=O)[C@H]1OC(C)=O)[C@@H](COC(C)=O)OC(C)=O. The summed E-state index contributed by atoms with van der Waals surface area (Å²) < 4.78 is 135. The van der Waals surface area contributed by atoms with Gasteiger partial charge in [0.2, 0.25) is 0 Å². The van der Waals surface area contributed by atoms with Gasteiger partial charge in [-0.2, -0.15) is 8.42 Å². The van der Waals surface area contributed by atoms with E-state index in [2.05, 4.69) is 0 Å². The molecule has 4 aliphatic rings. The zero-order chi connectivity index (χ0) is 63.8. The van der Waals surface area contributed by atoms with Gasteiger partial charge in [0.1, 0.15) is 69.7 Å². The molecule has 4 saturated heterocycles. The van der Waals surface area contributed by atoms with E-state index in [1.54, 1.807) is 0 Å². The molecule has 4 aliphatic heterocycles. The van der Waals surface area contributed by atoms with Crippen LogP contribution >= 0.6 is 0 Å². The Hall–Kier alpha value is -6.77. The standard InChI is InChI=1S/C49H68O35S/c1-19(50)64-14-31(69-23(5)54)36(71-25(7)56)37(32(70-24(6)55)15-65-20(2)51)80-47-45(76-30(12)61)42(74-28(10)59)39(34(78-47)17-67-22(4)53)81-49-46(84-85(13,62)63)43-40(35(79-49)18-68-83-43)82-48-44(75-29(11)60)41(73-27(9)58)38(72-26(8)57)33(77-48)16-66-21(3)52/h31-49H,14-18H2,1-13H3/t31-,32+,33+,34+,35+,36+,37+,38+,39+,40+,41-,42-,43-,44+,45+,46+,47+,48+,49+/m0/s1. The third-order valence-electron chi connectivity index (χ3n) is 11.7. The summed E-state index contributed by atoms with van der Waals surface area (Å²) in [5.41, 5.74) is 0. The van der Waals surface area contributed by atoms with Crippen LogP contribution in [0.5, 0.6) is 0 Å². The first-order valence-corrected chi connectivity index (χ1v) is 27.5. The molecule has 4 rings (SSSR count). The van der Waals surface area contributed by atoms with Crippen molar-refractivity contribution >= 4 is 81.7 Å². The van der Waals surface area contributed by atoms with E-state index in [0.29, 0.717) is 6.26 Å². The number of ether oxygens (including phenoxy) is 18. The molecule has 480 valence electrons. The molecule has 0 aromatic carbocycles. The van der Waals surface area contributed by atoms with Crippen molar-refractivity contribution in [1.82, 2.24) is 0 Å². The van der Waals surface area contributed by atoms with Crippen LogP contribution in [-0.2, 0) is 167 Å². The highest BCUT2D eigenvalue weighted by atomic mass is 32.2. The fourth-order valence-electron chi connectivity index (χ4n) is 8.92. The van der Waals surface area contributed by atoms with Crippen LogP contribution in [0.1, 0.15) is 83.1 Å². The van der Waals surface area contributed by atoms with E-state index in [9.17, 15) is 66.0 Å². The highest BCUT2D eigenvalue weighted by Crippen LogP contribution is 2.40. The van der Waals surface area contributed by atoms with Crippen molar-refractivity contribution in [3.63, 3.8) is 0 Å². The molecule has 0 saturated carbocycles. The Morgan fingerprint density at radius 3 is 1.25 bits per heavy atom. The summed E-state index contributed by atoms with van der Waals surface area (Å²) in [6.07, 6.45) is -36.0. The Morgan fingerprint density at radius 2 is 0.800 bits per heavy atom. The van der Waals surface area contributed by atoms with Gasteiger partial charge in [-0.25, -0.2) is 9.78 Å². The van der Waals surface area contributed by atoms with Gasteiger partial charge in [-0.3, -0.25) is 61.7 Å². The maximum Gasteiger partial charge on any atom is 0.303 e. The molecule has 0 N–H and O–H groups in total.